The second kappa shape index (κ2) is 11.0. The zero-order valence-electron chi connectivity index (χ0n) is 21.1. The molecule has 3 aromatic rings. The van der Waals surface area contributed by atoms with Crippen molar-refractivity contribution in [3.63, 3.8) is 0 Å². The second-order valence-corrected chi connectivity index (χ2v) is 9.61. The number of pyridine rings is 1. The van der Waals surface area contributed by atoms with Crippen LogP contribution in [0.25, 0.3) is 22.2 Å². The fourth-order valence-electron chi connectivity index (χ4n) is 4.27. The van der Waals surface area contributed by atoms with E-state index in [1.165, 1.54) is 14.2 Å². The van der Waals surface area contributed by atoms with E-state index in [1.807, 2.05) is 13.8 Å². The predicted octanol–water partition coefficient (Wildman–Crippen LogP) is 4.83. The van der Waals surface area contributed by atoms with Gasteiger partial charge in [-0.25, -0.2) is 4.98 Å². The number of rotatable bonds is 9. The molecule has 11 heteroatoms. The molecule has 2 aromatic heterocycles. The number of fused-ring (bicyclic) bond motifs is 1. The predicted molar refractivity (Wildman–Crippen MR) is 147 cm³/mol. The highest BCUT2D eigenvalue weighted by Crippen LogP contribution is 2.45. The van der Waals surface area contributed by atoms with Gasteiger partial charge in [0.2, 0.25) is 5.95 Å². The van der Waals surface area contributed by atoms with Crippen molar-refractivity contribution < 1.29 is 14.2 Å². The largest absolute Gasteiger partial charge is 0.495 e. The Balaban J connectivity index is 1.83. The number of benzene rings is 1. The van der Waals surface area contributed by atoms with Crippen LogP contribution in [0.15, 0.2) is 48.1 Å². The summed E-state index contributed by atoms with van der Waals surface area (Å²) in [5.41, 5.74) is 1.48. The Morgan fingerprint density at radius 2 is 1.84 bits per heavy atom. The smallest absolute Gasteiger partial charge is 0.260 e. The van der Waals surface area contributed by atoms with Gasteiger partial charge in [0, 0.05) is 35.0 Å². The summed E-state index contributed by atoms with van der Waals surface area (Å²) in [6.45, 7) is 12.4. The minimum absolute atomic E-state index is 0.0354. The molecule has 0 saturated carbocycles. The zero-order valence-corrected chi connectivity index (χ0v) is 22.6. The Kier molecular flexibility index (Phi) is 7.96. The molecule has 2 N–H and O–H groups in total. The van der Waals surface area contributed by atoms with E-state index in [2.05, 4.69) is 28.8 Å². The third-order valence-corrected chi connectivity index (χ3v) is 6.90. The summed E-state index contributed by atoms with van der Waals surface area (Å²) in [7, 11) is 2.96. The molecule has 2 atom stereocenters. The first-order chi connectivity index (χ1) is 17.7. The first-order valence-electron chi connectivity index (χ1n) is 11.6. The highest BCUT2D eigenvalue weighted by Gasteiger charge is 2.29. The topological polar surface area (TPSA) is 99.5 Å². The van der Waals surface area contributed by atoms with E-state index in [9.17, 15) is 4.79 Å². The molecular formula is C26H29Cl2N5O4. The lowest BCUT2D eigenvalue weighted by atomic mass is 10.0. The molecule has 4 rings (SSSR count). The van der Waals surface area contributed by atoms with Crippen molar-refractivity contribution in [3.8, 4) is 22.6 Å². The van der Waals surface area contributed by atoms with Gasteiger partial charge in [0.1, 0.15) is 17.1 Å². The molecule has 0 bridgehead atoms. The van der Waals surface area contributed by atoms with Gasteiger partial charge in [-0.05, 0) is 26.0 Å². The fraction of sp³-hybridized carbons (Fsp3) is 0.346. The van der Waals surface area contributed by atoms with Gasteiger partial charge in [0.25, 0.3) is 5.56 Å². The average molecular weight is 546 g/mol. The van der Waals surface area contributed by atoms with E-state index < -0.39 is 0 Å². The van der Waals surface area contributed by atoms with Crippen molar-refractivity contribution in [2.45, 2.75) is 32.0 Å². The molecule has 1 aromatic carbocycles. The van der Waals surface area contributed by atoms with Gasteiger partial charge in [-0.15, -0.1) is 0 Å². The minimum atomic E-state index is -0.308. The van der Waals surface area contributed by atoms with Gasteiger partial charge in [-0.3, -0.25) is 9.36 Å². The summed E-state index contributed by atoms with van der Waals surface area (Å²) < 4.78 is 18.0. The van der Waals surface area contributed by atoms with Crippen LogP contribution < -0.4 is 25.7 Å². The summed E-state index contributed by atoms with van der Waals surface area (Å²) >= 11 is 13.3. The lowest BCUT2D eigenvalue weighted by molar-refractivity contribution is 0.190. The summed E-state index contributed by atoms with van der Waals surface area (Å²) in [6.07, 6.45) is 3.31. The van der Waals surface area contributed by atoms with Crippen molar-refractivity contribution in [2.24, 2.45) is 0 Å². The number of nitrogens with one attached hydrogen (secondary N) is 2. The molecule has 196 valence electrons. The molecule has 0 amide bonds. The Labute approximate surface area is 225 Å². The van der Waals surface area contributed by atoms with Crippen molar-refractivity contribution in [2.75, 3.05) is 32.8 Å². The Hall–Kier alpha value is -3.27. The van der Waals surface area contributed by atoms with Gasteiger partial charge >= 0.3 is 0 Å². The average Bonchev–Trinajstić information content (AvgIpc) is 3.30. The Morgan fingerprint density at radius 3 is 2.43 bits per heavy atom. The van der Waals surface area contributed by atoms with Crippen molar-refractivity contribution in [1.29, 1.82) is 0 Å². The third-order valence-electron chi connectivity index (χ3n) is 6.14. The molecule has 3 heterocycles. The maximum Gasteiger partial charge on any atom is 0.260 e. The molecule has 1 fully saturated rings. The van der Waals surface area contributed by atoms with E-state index >= 15 is 0 Å². The standard InChI is InChI=1S/C26H29Cl2N5O4/c1-7-14(4)30-17-11-37-12-18(17)31-26-29-10-15-8-16(25(34)33(13(2)3)24(15)32-26)21-22(27)19(35-5)9-20(36-6)23(21)28/h7-10,13,17-18,30H,1,4,11-12H2,2-3,5-6H3,(H,29,31,32). The van der Waals surface area contributed by atoms with Crippen LogP contribution in [0.2, 0.25) is 10.0 Å². The summed E-state index contributed by atoms with van der Waals surface area (Å²) in [4.78, 5) is 23.0. The van der Waals surface area contributed by atoms with Gasteiger partial charge in [0.05, 0.1) is 55.1 Å². The second-order valence-electron chi connectivity index (χ2n) is 8.85. The fourth-order valence-corrected chi connectivity index (χ4v) is 4.98. The van der Waals surface area contributed by atoms with Crippen LogP contribution >= 0.6 is 23.2 Å². The lowest BCUT2D eigenvalue weighted by Crippen LogP contribution is -2.42. The minimum Gasteiger partial charge on any atom is -0.495 e. The van der Waals surface area contributed by atoms with Crippen LogP contribution in [-0.4, -0.2) is 54.1 Å². The normalized spacial score (nSPS) is 17.2. The summed E-state index contributed by atoms with van der Waals surface area (Å²) in [6, 6.07) is 2.91. The SMILES string of the molecule is C=CC(=C)NC1COCC1Nc1ncc2cc(-c3c(Cl)c(OC)cc(OC)c3Cl)c(=O)n(C(C)C)c2n1. The van der Waals surface area contributed by atoms with Gasteiger partial charge in [-0.1, -0.05) is 36.4 Å². The highest BCUT2D eigenvalue weighted by molar-refractivity contribution is 6.41. The van der Waals surface area contributed by atoms with Crippen LogP contribution in [0, 0.1) is 0 Å². The molecule has 1 aliphatic heterocycles. The zero-order chi connectivity index (χ0) is 26.9. The molecule has 2 unspecified atom stereocenters. The first kappa shape index (κ1) is 26.8. The van der Waals surface area contributed by atoms with Crippen molar-refractivity contribution in [1.82, 2.24) is 19.9 Å². The Morgan fingerprint density at radius 1 is 1.19 bits per heavy atom. The number of ether oxygens (including phenoxy) is 3. The number of hydrogen-bond donors (Lipinski definition) is 2. The van der Waals surface area contributed by atoms with E-state index in [1.54, 1.807) is 29.0 Å². The van der Waals surface area contributed by atoms with Gasteiger partial charge in [0.15, 0.2) is 0 Å². The lowest BCUT2D eigenvalue weighted by Gasteiger charge is -2.22. The van der Waals surface area contributed by atoms with E-state index in [0.717, 1.165) is 0 Å². The maximum absolute atomic E-state index is 13.8. The molecule has 0 aliphatic carbocycles. The highest BCUT2D eigenvalue weighted by atomic mass is 35.5. The van der Waals surface area contributed by atoms with E-state index in [-0.39, 0.29) is 39.3 Å². The van der Waals surface area contributed by atoms with Crippen LogP contribution in [0.3, 0.4) is 0 Å². The molecule has 9 nitrogen and oxygen atoms in total. The van der Waals surface area contributed by atoms with Crippen molar-refractivity contribution >= 4 is 40.2 Å². The summed E-state index contributed by atoms with van der Waals surface area (Å²) in [5.74, 6) is 1.05. The first-order valence-corrected chi connectivity index (χ1v) is 12.4. The Bertz CT molecular complexity index is 1390. The van der Waals surface area contributed by atoms with E-state index in [0.29, 0.717) is 53.0 Å². The molecule has 0 radical (unpaired) electrons. The molecule has 1 aliphatic rings. The van der Waals surface area contributed by atoms with Crippen LogP contribution in [0.1, 0.15) is 19.9 Å². The number of halogens is 2. The molecule has 0 spiro atoms. The molecule has 1 saturated heterocycles. The number of aromatic nitrogens is 3. The number of hydrogen-bond acceptors (Lipinski definition) is 8. The van der Waals surface area contributed by atoms with Crippen LogP contribution in [0.5, 0.6) is 11.5 Å². The monoisotopic (exact) mass is 545 g/mol. The van der Waals surface area contributed by atoms with E-state index in [4.69, 9.17) is 42.4 Å². The molecule has 37 heavy (non-hydrogen) atoms. The van der Waals surface area contributed by atoms with Gasteiger partial charge < -0.3 is 24.8 Å². The number of allylic oxidation sites excluding steroid dienone is 1. The van der Waals surface area contributed by atoms with Crippen molar-refractivity contribution in [3.05, 3.63) is 63.7 Å². The van der Waals surface area contributed by atoms with Gasteiger partial charge in [-0.2, -0.15) is 4.98 Å². The van der Waals surface area contributed by atoms with Crippen LogP contribution in [0.4, 0.5) is 5.95 Å². The third kappa shape index (κ3) is 5.12. The quantitative estimate of drug-likeness (QED) is 0.369. The number of nitrogens with zero attached hydrogens (tertiary/aromatic N) is 3. The number of anilines is 1. The maximum atomic E-state index is 13.8. The molecular weight excluding hydrogens is 517 g/mol. The summed E-state index contributed by atoms with van der Waals surface area (Å²) in [5, 5.41) is 7.65. The van der Waals surface area contributed by atoms with Crippen LogP contribution in [-0.2, 0) is 4.74 Å². The number of methoxy groups -OCH3 is 2.